The van der Waals surface area contributed by atoms with Gasteiger partial charge in [0.05, 0.1) is 25.6 Å². The predicted molar refractivity (Wildman–Crippen MR) is 84.0 cm³/mol. The Morgan fingerprint density at radius 2 is 1.96 bits per heavy atom. The maximum absolute atomic E-state index is 11.8. The zero-order valence-electron chi connectivity index (χ0n) is 12.8. The van der Waals surface area contributed by atoms with Gasteiger partial charge in [0.2, 0.25) is 0 Å². The van der Waals surface area contributed by atoms with Crippen LogP contribution in [0.4, 0.5) is 0 Å². The minimum atomic E-state index is -0.854. The van der Waals surface area contributed by atoms with Gasteiger partial charge >= 0.3 is 11.8 Å². The number of methoxy groups -OCH3 is 1. The van der Waals surface area contributed by atoms with Crippen LogP contribution in [0, 0.1) is 0 Å². The zero-order chi connectivity index (χ0) is 16.7. The molecule has 7 heteroatoms. The van der Waals surface area contributed by atoms with Gasteiger partial charge in [0.15, 0.2) is 0 Å². The number of hydrogen-bond donors (Lipinski definition) is 2. The molecule has 2 aromatic rings. The number of carbonyl (C=O) groups excluding carboxylic acids is 2. The van der Waals surface area contributed by atoms with Gasteiger partial charge in [-0.15, -0.1) is 0 Å². The molecule has 0 unspecified atom stereocenters. The molecular weight excluding hydrogens is 298 g/mol. The van der Waals surface area contributed by atoms with Crippen molar-refractivity contribution in [1.82, 2.24) is 10.7 Å². The van der Waals surface area contributed by atoms with E-state index in [2.05, 4.69) is 15.8 Å². The molecule has 7 nitrogen and oxygen atoms in total. The van der Waals surface area contributed by atoms with Crippen molar-refractivity contribution in [3.05, 3.63) is 54.0 Å². The van der Waals surface area contributed by atoms with Crippen molar-refractivity contribution in [2.24, 2.45) is 5.10 Å². The summed E-state index contributed by atoms with van der Waals surface area (Å²) >= 11 is 0. The first kappa shape index (κ1) is 16.3. The quantitative estimate of drug-likeness (QED) is 0.498. The van der Waals surface area contributed by atoms with Crippen LogP contribution in [0.15, 0.2) is 52.2 Å². The maximum Gasteiger partial charge on any atom is 0.329 e. The Morgan fingerprint density at radius 1 is 1.22 bits per heavy atom. The fraction of sp³-hybridized carbons (Fsp3) is 0.188. The van der Waals surface area contributed by atoms with Gasteiger partial charge in [-0.3, -0.25) is 9.59 Å². The van der Waals surface area contributed by atoms with Crippen molar-refractivity contribution in [2.75, 3.05) is 7.11 Å². The van der Waals surface area contributed by atoms with E-state index in [-0.39, 0.29) is 6.04 Å². The van der Waals surface area contributed by atoms with Crippen LogP contribution in [-0.4, -0.2) is 25.1 Å². The lowest BCUT2D eigenvalue weighted by atomic mass is 10.1. The second-order valence-electron chi connectivity index (χ2n) is 4.68. The third-order valence-corrected chi connectivity index (χ3v) is 3.07. The SMILES string of the molecule is COc1ccc([C@H](C)NC(=O)C(=O)N/N=C\c2ccco2)cc1. The largest absolute Gasteiger partial charge is 0.497 e. The van der Waals surface area contributed by atoms with Crippen LogP contribution in [0.3, 0.4) is 0 Å². The summed E-state index contributed by atoms with van der Waals surface area (Å²) < 4.78 is 10.1. The van der Waals surface area contributed by atoms with E-state index in [1.165, 1.54) is 12.5 Å². The molecule has 2 N–H and O–H groups in total. The van der Waals surface area contributed by atoms with Crippen LogP contribution in [0.5, 0.6) is 5.75 Å². The average molecular weight is 315 g/mol. The van der Waals surface area contributed by atoms with Gasteiger partial charge in [-0.05, 0) is 36.8 Å². The van der Waals surface area contributed by atoms with Crippen molar-refractivity contribution < 1.29 is 18.7 Å². The lowest BCUT2D eigenvalue weighted by Gasteiger charge is -2.13. The molecule has 2 amide bonds. The Bertz CT molecular complexity index is 678. The lowest BCUT2D eigenvalue weighted by Crippen LogP contribution is -2.39. The number of nitrogens with one attached hydrogen (secondary N) is 2. The number of furan rings is 1. The summed E-state index contributed by atoms with van der Waals surface area (Å²) in [5.41, 5.74) is 2.99. The molecule has 23 heavy (non-hydrogen) atoms. The van der Waals surface area contributed by atoms with E-state index in [1.807, 2.05) is 12.1 Å². The van der Waals surface area contributed by atoms with Gasteiger partial charge in [-0.1, -0.05) is 12.1 Å². The first-order valence-electron chi connectivity index (χ1n) is 6.91. The van der Waals surface area contributed by atoms with E-state index in [4.69, 9.17) is 9.15 Å². The first-order valence-corrected chi connectivity index (χ1v) is 6.91. The highest BCUT2D eigenvalue weighted by Gasteiger charge is 2.16. The zero-order valence-corrected chi connectivity index (χ0v) is 12.8. The van der Waals surface area contributed by atoms with Crippen LogP contribution in [-0.2, 0) is 9.59 Å². The van der Waals surface area contributed by atoms with Gasteiger partial charge in [-0.2, -0.15) is 5.10 Å². The monoisotopic (exact) mass is 315 g/mol. The van der Waals surface area contributed by atoms with E-state index < -0.39 is 11.8 Å². The Morgan fingerprint density at radius 3 is 2.57 bits per heavy atom. The fourth-order valence-electron chi connectivity index (χ4n) is 1.81. The molecule has 1 aromatic carbocycles. The molecule has 2 rings (SSSR count). The second kappa shape index (κ2) is 7.79. The summed E-state index contributed by atoms with van der Waals surface area (Å²) in [5.74, 6) is -0.437. The lowest BCUT2D eigenvalue weighted by molar-refractivity contribution is -0.139. The van der Waals surface area contributed by atoms with Crippen molar-refractivity contribution in [1.29, 1.82) is 0 Å². The smallest absolute Gasteiger partial charge is 0.329 e. The molecule has 0 saturated carbocycles. The Labute approximate surface area is 133 Å². The molecule has 0 fully saturated rings. The Balaban J connectivity index is 1.85. The topological polar surface area (TPSA) is 92.9 Å². The molecule has 0 aliphatic heterocycles. The molecule has 0 saturated heterocycles. The third-order valence-electron chi connectivity index (χ3n) is 3.07. The number of hydrazone groups is 1. The molecule has 1 aromatic heterocycles. The van der Waals surface area contributed by atoms with Crippen LogP contribution in [0.1, 0.15) is 24.3 Å². The standard InChI is InChI=1S/C16H17N3O4/c1-11(12-5-7-13(22-2)8-6-12)18-15(20)16(21)19-17-10-14-4-3-9-23-14/h3-11H,1-2H3,(H,18,20)(H,19,21)/b17-10-/t11-/m0/s1. The summed E-state index contributed by atoms with van der Waals surface area (Å²) in [6.45, 7) is 1.78. The number of rotatable bonds is 5. The van der Waals surface area contributed by atoms with Crippen LogP contribution >= 0.6 is 0 Å². The number of benzene rings is 1. The average Bonchev–Trinajstić information content (AvgIpc) is 3.08. The first-order chi connectivity index (χ1) is 11.1. The van der Waals surface area contributed by atoms with Crippen LogP contribution < -0.4 is 15.5 Å². The van der Waals surface area contributed by atoms with Gasteiger partial charge in [-0.25, -0.2) is 5.43 Å². The molecule has 0 radical (unpaired) electrons. The van der Waals surface area contributed by atoms with Gasteiger partial charge in [0.25, 0.3) is 0 Å². The number of carbonyl (C=O) groups is 2. The summed E-state index contributed by atoms with van der Waals surface area (Å²) in [4.78, 5) is 23.4. The molecular formula is C16H17N3O4. The highest BCUT2D eigenvalue weighted by molar-refractivity contribution is 6.35. The Hall–Kier alpha value is -3.09. The molecule has 0 aliphatic carbocycles. The van der Waals surface area contributed by atoms with Gasteiger partial charge in [0, 0.05) is 0 Å². The highest BCUT2D eigenvalue weighted by Crippen LogP contribution is 2.16. The number of amides is 2. The third kappa shape index (κ3) is 4.70. The summed E-state index contributed by atoms with van der Waals surface area (Å²) in [7, 11) is 1.58. The molecule has 1 atom stereocenters. The maximum atomic E-state index is 11.8. The summed E-state index contributed by atoms with van der Waals surface area (Å²) in [5, 5.41) is 6.23. The highest BCUT2D eigenvalue weighted by atomic mass is 16.5. The molecule has 0 aliphatic rings. The minimum Gasteiger partial charge on any atom is -0.497 e. The summed E-state index contributed by atoms with van der Waals surface area (Å²) in [6, 6.07) is 10.2. The van der Waals surface area contributed by atoms with E-state index in [0.29, 0.717) is 5.76 Å². The van der Waals surface area contributed by atoms with Gasteiger partial charge < -0.3 is 14.5 Å². The number of ether oxygens (including phenoxy) is 1. The van der Waals surface area contributed by atoms with Crippen molar-refractivity contribution in [2.45, 2.75) is 13.0 Å². The van der Waals surface area contributed by atoms with Crippen LogP contribution in [0.25, 0.3) is 0 Å². The normalized spacial score (nSPS) is 11.9. The van der Waals surface area contributed by atoms with Crippen molar-refractivity contribution in [3.8, 4) is 5.75 Å². The predicted octanol–water partition coefficient (Wildman–Crippen LogP) is 1.62. The summed E-state index contributed by atoms with van der Waals surface area (Å²) in [6.07, 6.45) is 2.78. The van der Waals surface area contributed by atoms with E-state index in [1.54, 1.807) is 38.3 Å². The second-order valence-corrected chi connectivity index (χ2v) is 4.68. The van der Waals surface area contributed by atoms with E-state index in [0.717, 1.165) is 11.3 Å². The van der Waals surface area contributed by atoms with Crippen molar-refractivity contribution >= 4 is 18.0 Å². The molecule has 120 valence electrons. The Kier molecular flexibility index (Phi) is 5.51. The fourth-order valence-corrected chi connectivity index (χ4v) is 1.81. The van der Waals surface area contributed by atoms with E-state index in [9.17, 15) is 9.59 Å². The van der Waals surface area contributed by atoms with Gasteiger partial charge in [0.1, 0.15) is 11.5 Å². The van der Waals surface area contributed by atoms with E-state index >= 15 is 0 Å². The number of hydrogen-bond acceptors (Lipinski definition) is 5. The molecule has 1 heterocycles. The minimum absolute atomic E-state index is 0.326. The molecule has 0 spiro atoms. The number of nitrogens with zero attached hydrogens (tertiary/aromatic N) is 1. The molecule has 0 bridgehead atoms. The van der Waals surface area contributed by atoms with Crippen LogP contribution in [0.2, 0.25) is 0 Å². The van der Waals surface area contributed by atoms with Crippen molar-refractivity contribution in [3.63, 3.8) is 0 Å².